The number of benzene rings is 1. The van der Waals surface area contributed by atoms with Gasteiger partial charge in [0.25, 0.3) is 0 Å². The lowest BCUT2D eigenvalue weighted by Gasteiger charge is -2.13. The number of nitrogens with zero attached hydrogens (tertiary/aromatic N) is 1. The Balaban J connectivity index is 2.45. The summed E-state index contributed by atoms with van der Waals surface area (Å²) < 4.78 is 25.1. The van der Waals surface area contributed by atoms with Crippen molar-refractivity contribution >= 4 is 28.3 Å². The Morgan fingerprint density at radius 1 is 1.36 bits per heavy atom. The van der Waals surface area contributed by atoms with E-state index in [1.54, 1.807) is 27.1 Å². The van der Waals surface area contributed by atoms with Crippen LogP contribution in [0.2, 0.25) is 0 Å². The van der Waals surface area contributed by atoms with Crippen LogP contribution >= 0.6 is 0 Å². The molecule has 0 spiro atoms. The van der Waals surface area contributed by atoms with Crippen molar-refractivity contribution in [1.82, 2.24) is 4.90 Å². The molecule has 0 saturated heterocycles. The van der Waals surface area contributed by atoms with Crippen LogP contribution in [-0.4, -0.2) is 46.0 Å². The highest BCUT2D eigenvalue weighted by Crippen LogP contribution is 2.11. The lowest BCUT2D eigenvalue weighted by atomic mass is 10.3. The van der Waals surface area contributed by atoms with E-state index in [2.05, 4.69) is 5.32 Å². The van der Waals surface area contributed by atoms with Crippen molar-refractivity contribution in [2.75, 3.05) is 25.2 Å². The van der Waals surface area contributed by atoms with Gasteiger partial charge in [0, 0.05) is 42.8 Å². The molecule has 0 aliphatic heterocycles. The van der Waals surface area contributed by atoms with E-state index in [4.69, 9.17) is 0 Å². The third kappa shape index (κ3) is 5.93. The third-order valence-electron chi connectivity index (χ3n) is 3.09. The lowest BCUT2D eigenvalue weighted by molar-refractivity contribution is -0.128. The molecule has 0 aromatic heterocycles. The summed E-state index contributed by atoms with van der Waals surface area (Å²) in [5.74, 6) is -0.636. The van der Waals surface area contributed by atoms with Crippen LogP contribution in [0.15, 0.2) is 24.3 Å². The number of amides is 2. The molecule has 1 N–H and O–H groups in total. The molecular formula is C15H21FN2O3S. The normalized spacial score (nSPS) is 13.3. The van der Waals surface area contributed by atoms with Crippen molar-refractivity contribution in [3.8, 4) is 0 Å². The van der Waals surface area contributed by atoms with Gasteiger partial charge in [-0.25, -0.2) is 4.39 Å². The number of nitrogens with one attached hydrogen (secondary N) is 1. The van der Waals surface area contributed by atoms with Crippen molar-refractivity contribution in [2.45, 2.75) is 25.0 Å². The zero-order chi connectivity index (χ0) is 16.7. The van der Waals surface area contributed by atoms with Gasteiger partial charge in [0.15, 0.2) is 0 Å². The average Bonchev–Trinajstić information content (AvgIpc) is 2.45. The molecule has 2 amide bonds. The fourth-order valence-corrected chi connectivity index (χ4v) is 2.78. The Hall–Kier alpha value is -1.76. The zero-order valence-corrected chi connectivity index (χ0v) is 13.8. The maximum Gasteiger partial charge on any atom is 0.239 e. The van der Waals surface area contributed by atoms with Gasteiger partial charge in [-0.3, -0.25) is 13.8 Å². The zero-order valence-electron chi connectivity index (χ0n) is 13.0. The monoisotopic (exact) mass is 328 g/mol. The van der Waals surface area contributed by atoms with Crippen molar-refractivity contribution in [2.24, 2.45) is 0 Å². The minimum atomic E-state index is -1.38. The van der Waals surface area contributed by atoms with Crippen LogP contribution in [0, 0.1) is 5.82 Å². The van der Waals surface area contributed by atoms with Crippen LogP contribution in [0.1, 0.15) is 19.8 Å². The molecule has 2 atom stereocenters. The Kier molecular flexibility index (Phi) is 7.17. The molecule has 22 heavy (non-hydrogen) atoms. The Labute approximate surface area is 132 Å². The van der Waals surface area contributed by atoms with Gasteiger partial charge in [0.05, 0.1) is 0 Å². The SMILES string of the molecule is C[C@H](C(=O)Nc1cccc(F)c1)[S@](=O)CCCC(=O)N(C)C. The minimum Gasteiger partial charge on any atom is -0.349 e. The molecule has 1 rings (SSSR count). The number of hydrogen-bond donors (Lipinski definition) is 1. The number of carbonyl (C=O) groups excluding carboxylic acids is 2. The number of rotatable bonds is 7. The van der Waals surface area contributed by atoms with E-state index in [0.717, 1.165) is 0 Å². The van der Waals surface area contributed by atoms with Gasteiger partial charge >= 0.3 is 0 Å². The smallest absolute Gasteiger partial charge is 0.239 e. The van der Waals surface area contributed by atoms with Crippen LogP contribution in [0.3, 0.4) is 0 Å². The van der Waals surface area contributed by atoms with E-state index in [0.29, 0.717) is 18.5 Å². The molecule has 0 aliphatic carbocycles. The maximum absolute atomic E-state index is 13.0. The second-order valence-electron chi connectivity index (χ2n) is 5.12. The topological polar surface area (TPSA) is 66.5 Å². The quantitative estimate of drug-likeness (QED) is 0.829. The molecule has 0 bridgehead atoms. The minimum absolute atomic E-state index is 0.0335. The molecule has 0 fully saturated rings. The summed E-state index contributed by atoms with van der Waals surface area (Å²) in [5, 5.41) is 1.81. The standard InChI is InChI=1S/C15H21FN2O3S/c1-11(22(21)9-5-8-14(19)18(2)3)15(20)17-13-7-4-6-12(16)10-13/h4,6-7,10-11H,5,8-9H2,1-3H3,(H,17,20)/t11-,22-/m1/s1. The number of hydrogen-bond acceptors (Lipinski definition) is 3. The first-order valence-corrected chi connectivity index (χ1v) is 8.33. The number of anilines is 1. The summed E-state index contributed by atoms with van der Waals surface area (Å²) in [4.78, 5) is 24.9. The van der Waals surface area contributed by atoms with E-state index in [9.17, 15) is 18.2 Å². The molecule has 1 aromatic rings. The first kappa shape index (κ1) is 18.3. The molecule has 5 nitrogen and oxygen atoms in total. The molecule has 122 valence electrons. The summed E-state index contributed by atoms with van der Waals surface area (Å²) >= 11 is 0. The fraction of sp³-hybridized carbons (Fsp3) is 0.467. The van der Waals surface area contributed by atoms with Crippen LogP contribution < -0.4 is 5.32 Å². The van der Waals surface area contributed by atoms with E-state index in [-0.39, 0.29) is 11.7 Å². The molecule has 0 heterocycles. The van der Waals surface area contributed by atoms with E-state index in [1.165, 1.54) is 23.1 Å². The Morgan fingerprint density at radius 3 is 2.64 bits per heavy atom. The van der Waals surface area contributed by atoms with Crippen LogP contribution in [0.5, 0.6) is 0 Å². The third-order valence-corrected chi connectivity index (χ3v) is 4.78. The van der Waals surface area contributed by atoms with Gasteiger partial charge in [-0.2, -0.15) is 0 Å². The largest absolute Gasteiger partial charge is 0.349 e. The summed E-state index contributed by atoms with van der Waals surface area (Å²) in [6.45, 7) is 1.55. The second kappa shape index (κ2) is 8.63. The first-order valence-electron chi connectivity index (χ1n) is 6.95. The Morgan fingerprint density at radius 2 is 2.05 bits per heavy atom. The fourth-order valence-electron chi connectivity index (χ4n) is 1.70. The molecule has 7 heteroatoms. The van der Waals surface area contributed by atoms with Crippen molar-refractivity contribution in [3.63, 3.8) is 0 Å². The molecule has 0 aliphatic rings. The summed E-state index contributed by atoms with van der Waals surface area (Å²) in [6.07, 6.45) is 0.762. The number of halogens is 1. The van der Waals surface area contributed by atoms with Crippen LogP contribution in [0.25, 0.3) is 0 Å². The van der Waals surface area contributed by atoms with E-state index in [1.807, 2.05) is 0 Å². The highest BCUT2D eigenvalue weighted by Gasteiger charge is 2.20. The van der Waals surface area contributed by atoms with Crippen molar-refractivity contribution in [3.05, 3.63) is 30.1 Å². The molecule has 0 unspecified atom stereocenters. The predicted molar refractivity (Wildman–Crippen MR) is 85.4 cm³/mol. The van der Waals surface area contributed by atoms with E-state index >= 15 is 0 Å². The summed E-state index contributed by atoms with van der Waals surface area (Å²) in [7, 11) is 1.94. The summed E-state index contributed by atoms with van der Waals surface area (Å²) in [6, 6.07) is 5.52. The highest BCUT2D eigenvalue weighted by atomic mass is 32.2. The number of carbonyl (C=O) groups is 2. The molecule has 1 aromatic carbocycles. The second-order valence-corrected chi connectivity index (χ2v) is 7.00. The van der Waals surface area contributed by atoms with Gasteiger partial charge < -0.3 is 10.2 Å². The maximum atomic E-state index is 13.0. The van der Waals surface area contributed by atoms with Crippen LogP contribution in [-0.2, 0) is 20.4 Å². The molecule has 0 saturated carbocycles. The van der Waals surface area contributed by atoms with Crippen molar-refractivity contribution in [1.29, 1.82) is 0 Å². The van der Waals surface area contributed by atoms with E-state index < -0.39 is 27.8 Å². The average molecular weight is 328 g/mol. The lowest BCUT2D eigenvalue weighted by Crippen LogP contribution is -2.30. The van der Waals surface area contributed by atoms with Crippen LogP contribution in [0.4, 0.5) is 10.1 Å². The van der Waals surface area contributed by atoms with Gasteiger partial charge in [0.2, 0.25) is 11.8 Å². The molecule has 0 radical (unpaired) electrons. The summed E-state index contributed by atoms with van der Waals surface area (Å²) in [5.41, 5.74) is 0.330. The van der Waals surface area contributed by atoms with Gasteiger partial charge in [0.1, 0.15) is 11.1 Å². The Bertz CT molecular complexity index is 563. The first-order chi connectivity index (χ1) is 10.3. The molecular weight excluding hydrogens is 307 g/mol. The predicted octanol–water partition coefficient (Wildman–Crippen LogP) is 1.77. The van der Waals surface area contributed by atoms with Crippen molar-refractivity contribution < 1.29 is 18.2 Å². The van der Waals surface area contributed by atoms with Gasteiger partial charge in [-0.1, -0.05) is 6.07 Å². The van der Waals surface area contributed by atoms with Gasteiger partial charge in [-0.15, -0.1) is 0 Å². The van der Waals surface area contributed by atoms with Gasteiger partial charge in [-0.05, 0) is 31.5 Å². The highest BCUT2D eigenvalue weighted by molar-refractivity contribution is 7.86.